The molecule has 0 unspecified atom stereocenters. The molecule has 0 atom stereocenters. The highest BCUT2D eigenvalue weighted by Gasteiger charge is 2.11. The number of aryl methyl sites for hydroxylation is 1. The van der Waals surface area contributed by atoms with Crippen LogP contribution in [-0.2, 0) is 16.0 Å². The van der Waals surface area contributed by atoms with Crippen molar-refractivity contribution in [1.82, 2.24) is 10.9 Å². The molecule has 0 aliphatic rings. The number of hydrogen-bond donors (Lipinski definition) is 2. The molecular formula is C22H19N3O4. The Morgan fingerprint density at radius 3 is 2.69 bits per heavy atom. The van der Waals surface area contributed by atoms with Crippen LogP contribution in [0.25, 0.3) is 17.0 Å². The highest BCUT2D eigenvalue weighted by molar-refractivity contribution is 5.97. The van der Waals surface area contributed by atoms with Gasteiger partial charge in [-0.2, -0.15) is 5.26 Å². The summed E-state index contributed by atoms with van der Waals surface area (Å²) in [6.45, 7) is 1.63. The Bertz CT molecular complexity index is 1110. The van der Waals surface area contributed by atoms with Crippen LogP contribution in [0.4, 0.5) is 0 Å². The molecule has 2 amide bonds. The maximum absolute atomic E-state index is 12.0. The number of nitrogens with zero attached hydrogens (tertiary/aromatic N) is 1. The highest BCUT2D eigenvalue weighted by Crippen LogP contribution is 2.27. The number of rotatable bonds is 6. The van der Waals surface area contributed by atoms with Crippen LogP contribution in [0.3, 0.4) is 0 Å². The molecule has 7 nitrogen and oxygen atoms in total. The lowest BCUT2D eigenvalue weighted by Gasteiger charge is -2.08. The first kappa shape index (κ1) is 19.7. The molecule has 0 spiro atoms. The molecule has 29 heavy (non-hydrogen) atoms. The molecule has 2 N–H and O–H groups in total. The van der Waals surface area contributed by atoms with Crippen molar-refractivity contribution >= 4 is 28.9 Å². The van der Waals surface area contributed by atoms with Crippen LogP contribution >= 0.6 is 0 Å². The molecule has 3 aromatic rings. The smallest absolute Gasteiger partial charge is 0.276 e. The number of carbonyl (C=O) groups excluding carboxylic acids is 2. The zero-order valence-corrected chi connectivity index (χ0v) is 15.8. The van der Waals surface area contributed by atoms with Gasteiger partial charge in [0, 0.05) is 23.4 Å². The van der Waals surface area contributed by atoms with Crippen molar-refractivity contribution in [2.45, 2.75) is 13.3 Å². The van der Waals surface area contributed by atoms with E-state index in [1.165, 1.54) is 6.08 Å². The summed E-state index contributed by atoms with van der Waals surface area (Å²) >= 11 is 0. The summed E-state index contributed by atoms with van der Waals surface area (Å²) in [5, 5.41) is 9.92. The van der Waals surface area contributed by atoms with Crippen LogP contribution in [0.1, 0.15) is 23.8 Å². The Hall–Kier alpha value is -4.05. The molecule has 3 rings (SSSR count). The van der Waals surface area contributed by atoms with Gasteiger partial charge >= 0.3 is 0 Å². The number of carbonyl (C=O) groups is 2. The molecule has 0 radical (unpaired) electrons. The molecule has 2 aromatic carbocycles. The fourth-order valence-electron chi connectivity index (χ4n) is 2.76. The summed E-state index contributed by atoms with van der Waals surface area (Å²) in [4.78, 5) is 23.9. The van der Waals surface area contributed by atoms with Crippen molar-refractivity contribution < 1.29 is 18.7 Å². The van der Waals surface area contributed by atoms with Crippen molar-refractivity contribution in [2.75, 3.05) is 6.61 Å². The first-order valence-corrected chi connectivity index (χ1v) is 9.01. The van der Waals surface area contributed by atoms with Gasteiger partial charge < -0.3 is 9.15 Å². The number of hydrogen-bond acceptors (Lipinski definition) is 5. The predicted molar refractivity (Wildman–Crippen MR) is 108 cm³/mol. The fourth-order valence-corrected chi connectivity index (χ4v) is 2.76. The number of benzene rings is 2. The Kier molecular flexibility index (Phi) is 6.28. The SMILES string of the molecule is CCc1oc2ccccc2c1/C=C/C(=O)NNC(=O)COc1ccccc1C#N. The van der Waals surface area contributed by atoms with E-state index in [0.29, 0.717) is 17.7 Å². The fraction of sp³-hybridized carbons (Fsp3) is 0.136. The van der Waals surface area contributed by atoms with Crippen molar-refractivity contribution in [3.8, 4) is 11.8 Å². The molecule has 1 heterocycles. The molecule has 0 aliphatic carbocycles. The highest BCUT2D eigenvalue weighted by atomic mass is 16.5. The average Bonchev–Trinajstić information content (AvgIpc) is 3.12. The second kappa shape index (κ2) is 9.24. The quantitative estimate of drug-likeness (QED) is 0.498. The van der Waals surface area contributed by atoms with Crippen LogP contribution in [-0.4, -0.2) is 18.4 Å². The minimum Gasteiger partial charge on any atom is -0.482 e. The normalized spacial score (nSPS) is 10.6. The van der Waals surface area contributed by atoms with Crippen LogP contribution in [0.2, 0.25) is 0 Å². The largest absolute Gasteiger partial charge is 0.482 e. The maximum atomic E-state index is 12.0. The van der Waals surface area contributed by atoms with E-state index in [1.54, 1.807) is 30.3 Å². The molecule has 7 heteroatoms. The Balaban J connectivity index is 1.55. The Morgan fingerprint density at radius 1 is 1.14 bits per heavy atom. The molecular weight excluding hydrogens is 370 g/mol. The van der Waals surface area contributed by atoms with E-state index in [-0.39, 0.29) is 6.61 Å². The lowest BCUT2D eigenvalue weighted by atomic mass is 10.1. The number of ether oxygens (including phenoxy) is 1. The number of amides is 2. The van der Waals surface area contributed by atoms with Gasteiger partial charge in [0.25, 0.3) is 11.8 Å². The van der Waals surface area contributed by atoms with Gasteiger partial charge in [-0.15, -0.1) is 0 Å². The second-order valence-electron chi connectivity index (χ2n) is 6.06. The molecule has 0 saturated heterocycles. The maximum Gasteiger partial charge on any atom is 0.276 e. The van der Waals surface area contributed by atoms with Gasteiger partial charge in [-0.25, -0.2) is 0 Å². The summed E-state index contributed by atoms with van der Waals surface area (Å²) in [6.07, 6.45) is 3.67. The van der Waals surface area contributed by atoms with Gasteiger partial charge in [0.15, 0.2) is 6.61 Å². The minimum absolute atomic E-state index is 0.301. The predicted octanol–water partition coefficient (Wildman–Crippen LogP) is 3.11. The second-order valence-corrected chi connectivity index (χ2v) is 6.06. The summed E-state index contributed by atoms with van der Waals surface area (Å²) in [6, 6.07) is 16.1. The lowest BCUT2D eigenvalue weighted by molar-refractivity contribution is -0.128. The minimum atomic E-state index is -0.553. The summed E-state index contributed by atoms with van der Waals surface area (Å²) in [7, 11) is 0. The van der Waals surface area contributed by atoms with Gasteiger partial charge in [0.2, 0.25) is 0 Å². The van der Waals surface area contributed by atoms with Crippen molar-refractivity contribution in [3.63, 3.8) is 0 Å². The summed E-state index contributed by atoms with van der Waals surface area (Å²) in [5.41, 5.74) is 6.48. The first-order chi connectivity index (χ1) is 14.1. The molecule has 146 valence electrons. The van der Waals surface area contributed by atoms with Gasteiger partial charge in [-0.1, -0.05) is 37.3 Å². The summed E-state index contributed by atoms with van der Waals surface area (Å²) < 4.78 is 11.1. The third kappa shape index (κ3) is 4.82. The number of fused-ring (bicyclic) bond motifs is 1. The van der Waals surface area contributed by atoms with Gasteiger partial charge in [0.05, 0.1) is 5.56 Å². The topological polar surface area (TPSA) is 104 Å². The van der Waals surface area contributed by atoms with E-state index in [4.69, 9.17) is 14.4 Å². The van der Waals surface area contributed by atoms with Crippen LogP contribution in [0, 0.1) is 11.3 Å². The third-order valence-corrected chi connectivity index (χ3v) is 4.12. The average molecular weight is 389 g/mol. The number of hydrazine groups is 1. The van der Waals surface area contributed by atoms with Gasteiger partial charge in [0.1, 0.15) is 23.2 Å². The Morgan fingerprint density at radius 2 is 1.90 bits per heavy atom. The van der Waals surface area contributed by atoms with Crippen LogP contribution in [0.5, 0.6) is 5.75 Å². The van der Waals surface area contributed by atoms with Crippen molar-refractivity contribution in [2.24, 2.45) is 0 Å². The molecule has 0 fully saturated rings. The van der Waals surface area contributed by atoms with Gasteiger partial charge in [-0.3, -0.25) is 20.4 Å². The van der Waals surface area contributed by atoms with Crippen LogP contribution in [0.15, 0.2) is 59.0 Å². The molecule has 0 aliphatic heterocycles. The standard InChI is InChI=1S/C22H19N3O4/c1-2-18-17(16-8-4-6-10-20(16)29-18)11-12-21(26)24-25-22(27)14-28-19-9-5-3-7-15(19)13-23/h3-12H,2,14H2,1H3,(H,24,26)(H,25,27)/b12-11+. The molecule has 1 aromatic heterocycles. The van der Waals surface area contributed by atoms with E-state index in [0.717, 1.165) is 22.3 Å². The monoisotopic (exact) mass is 389 g/mol. The number of nitriles is 1. The number of nitrogens with one attached hydrogen (secondary N) is 2. The molecule has 0 saturated carbocycles. The zero-order valence-electron chi connectivity index (χ0n) is 15.8. The van der Waals surface area contributed by atoms with Crippen LogP contribution < -0.4 is 15.6 Å². The number of para-hydroxylation sites is 2. The Labute approximate surface area is 167 Å². The van der Waals surface area contributed by atoms with E-state index < -0.39 is 11.8 Å². The zero-order chi connectivity index (χ0) is 20.6. The van der Waals surface area contributed by atoms with E-state index >= 15 is 0 Å². The third-order valence-electron chi connectivity index (χ3n) is 4.12. The molecule has 0 bridgehead atoms. The number of furan rings is 1. The van der Waals surface area contributed by atoms with Crippen molar-refractivity contribution in [3.05, 3.63) is 71.5 Å². The van der Waals surface area contributed by atoms with E-state index in [9.17, 15) is 9.59 Å². The van der Waals surface area contributed by atoms with E-state index in [1.807, 2.05) is 37.3 Å². The summed E-state index contributed by atoms with van der Waals surface area (Å²) in [5.74, 6) is 0.0322. The van der Waals surface area contributed by atoms with Gasteiger partial charge in [-0.05, 0) is 24.3 Å². The lowest BCUT2D eigenvalue weighted by Crippen LogP contribution is -2.43. The van der Waals surface area contributed by atoms with E-state index in [2.05, 4.69) is 10.9 Å². The first-order valence-electron chi connectivity index (χ1n) is 9.01. The van der Waals surface area contributed by atoms with Crippen molar-refractivity contribution in [1.29, 1.82) is 5.26 Å².